The molecule has 0 radical (unpaired) electrons. The summed E-state index contributed by atoms with van der Waals surface area (Å²) in [5.74, 6) is 2.08. The van der Waals surface area contributed by atoms with E-state index in [2.05, 4.69) is 34.6 Å². The second-order valence-electron chi connectivity index (χ2n) is 6.15. The van der Waals surface area contributed by atoms with E-state index in [9.17, 15) is 4.79 Å². The Kier molecular flexibility index (Phi) is 3.39. The van der Waals surface area contributed by atoms with Gasteiger partial charge in [0.15, 0.2) is 0 Å². The fourth-order valence-electron chi connectivity index (χ4n) is 2.49. The third-order valence-electron chi connectivity index (χ3n) is 3.72. The number of ketones is 1. The van der Waals surface area contributed by atoms with Crippen LogP contribution in [0, 0.1) is 23.2 Å². The summed E-state index contributed by atoms with van der Waals surface area (Å²) < 4.78 is 0. The molecule has 2 atom stereocenters. The van der Waals surface area contributed by atoms with Gasteiger partial charge in [-0.25, -0.2) is 0 Å². The lowest BCUT2D eigenvalue weighted by atomic mass is 9.66. The smallest absolute Gasteiger partial charge is 0.136 e. The molecule has 0 saturated heterocycles. The Morgan fingerprint density at radius 2 is 1.86 bits per heavy atom. The predicted octanol–water partition coefficient (Wildman–Crippen LogP) is 3.67. The number of Topliss-reactive ketones (excluding diaryl/α,β-unsaturated/α-hetero) is 1. The topological polar surface area (TPSA) is 17.1 Å². The maximum Gasteiger partial charge on any atom is 0.136 e. The Bertz CT molecular complexity index is 210. The SMILES string of the molecule is CC(C)[C@@H]1C[C@@H](C(C)(C)C)CCC1=O. The third-order valence-corrected chi connectivity index (χ3v) is 3.72. The van der Waals surface area contributed by atoms with E-state index >= 15 is 0 Å². The summed E-state index contributed by atoms with van der Waals surface area (Å²) >= 11 is 0. The number of hydrogen-bond donors (Lipinski definition) is 0. The maximum atomic E-state index is 11.7. The minimum Gasteiger partial charge on any atom is -0.299 e. The van der Waals surface area contributed by atoms with Gasteiger partial charge in [-0.05, 0) is 30.1 Å². The van der Waals surface area contributed by atoms with Crippen LogP contribution >= 0.6 is 0 Å². The van der Waals surface area contributed by atoms with Gasteiger partial charge in [0.1, 0.15) is 5.78 Å². The highest BCUT2D eigenvalue weighted by molar-refractivity contribution is 5.82. The van der Waals surface area contributed by atoms with E-state index < -0.39 is 0 Å². The lowest BCUT2D eigenvalue weighted by Gasteiger charge is -2.38. The molecule has 0 bridgehead atoms. The van der Waals surface area contributed by atoms with Gasteiger partial charge in [-0.3, -0.25) is 4.79 Å². The van der Waals surface area contributed by atoms with Crippen molar-refractivity contribution >= 4 is 5.78 Å². The molecule has 0 spiro atoms. The van der Waals surface area contributed by atoms with E-state index in [4.69, 9.17) is 0 Å². The van der Waals surface area contributed by atoms with Gasteiger partial charge in [-0.15, -0.1) is 0 Å². The Morgan fingerprint density at radius 1 is 1.29 bits per heavy atom. The van der Waals surface area contributed by atoms with Crippen molar-refractivity contribution in [3.05, 3.63) is 0 Å². The molecule has 0 aromatic heterocycles. The summed E-state index contributed by atoms with van der Waals surface area (Å²) in [4.78, 5) is 11.7. The van der Waals surface area contributed by atoms with Crippen LogP contribution < -0.4 is 0 Å². The van der Waals surface area contributed by atoms with Crippen molar-refractivity contribution in [3.8, 4) is 0 Å². The fraction of sp³-hybridized carbons (Fsp3) is 0.923. The van der Waals surface area contributed by atoms with E-state index in [1.807, 2.05) is 0 Å². The molecule has 1 heteroatoms. The largest absolute Gasteiger partial charge is 0.299 e. The van der Waals surface area contributed by atoms with E-state index in [-0.39, 0.29) is 0 Å². The first-order chi connectivity index (χ1) is 6.32. The van der Waals surface area contributed by atoms with Crippen molar-refractivity contribution in [2.24, 2.45) is 23.2 Å². The van der Waals surface area contributed by atoms with Crippen LogP contribution in [0.5, 0.6) is 0 Å². The van der Waals surface area contributed by atoms with Gasteiger partial charge in [0, 0.05) is 12.3 Å². The molecule has 0 heterocycles. The Balaban J connectivity index is 2.67. The van der Waals surface area contributed by atoms with Crippen LogP contribution in [0.3, 0.4) is 0 Å². The van der Waals surface area contributed by atoms with Gasteiger partial charge in [-0.1, -0.05) is 34.6 Å². The van der Waals surface area contributed by atoms with Crippen LogP contribution in [0.4, 0.5) is 0 Å². The van der Waals surface area contributed by atoms with E-state index in [0.29, 0.717) is 23.0 Å². The maximum absolute atomic E-state index is 11.7. The van der Waals surface area contributed by atoms with Crippen molar-refractivity contribution in [3.63, 3.8) is 0 Å². The summed E-state index contributed by atoms with van der Waals surface area (Å²) in [5.41, 5.74) is 0.369. The second kappa shape index (κ2) is 4.04. The number of hydrogen-bond acceptors (Lipinski definition) is 1. The van der Waals surface area contributed by atoms with Crippen LogP contribution in [0.25, 0.3) is 0 Å². The highest BCUT2D eigenvalue weighted by atomic mass is 16.1. The molecule has 1 nitrogen and oxygen atoms in total. The molecular formula is C13H24O. The predicted molar refractivity (Wildman–Crippen MR) is 60.1 cm³/mol. The lowest BCUT2D eigenvalue weighted by Crippen LogP contribution is -2.34. The molecular weight excluding hydrogens is 172 g/mol. The molecule has 1 saturated carbocycles. The van der Waals surface area contributed by atoms with Gasteiger partial charge >= 0.3 is 0 Å². The average molecular weight is 196 g/mol. The standard InChI is InChI=1S/C13H24O/c1-9(2)11-8-10(13(3,4)5)6-7-12(11)14/h9-11H,6-8H2,1-5H3/t10-,11-/m0/s1. The number of carbonyl (C=O) groups is 1. The van der Waals surface area contributed by atoms with Crippen LogP contribution in [-0.2, 0) is 4.79 Å². The highest BCUT2D eigenvalue weighted by Gasteiger charge is 2.35. The van der Waals surface area contributed by atoms with E-state index in [1.165, 1.54) is 0 Å². The Hall–Kier alpha value is -0.330. The zero-order valence-corrected chi connectivity index (χ0v) is 10.3. The summed E-state index contributed by atoms with van der Waals surface area (Å²) in [6.45, 7) is 11.2. The number of rotatable bonds is 1. The monoisotopic (exact) mass is 196 g/mol. The molecule has 0 N–H and O–H groups in total. The van der Waals surface area contributed by atoms with Gasteiger partial charge in [0.05, 0.1) is 0 Å². The molecule has 1 aliphatic carbocycles. The molecule has 1 rings (SSSR count). The fourth-order valence-corrected chi connectivity index (χ4v) is 2.49. The van der Waals surface area contributed by atoms with Crippen LogP contribution in [0.15, 0.2) is 0 Å². The molecule has 82 valence electrons. The molecule has 0 aromatic rings. The quantitative estimate of drug-likeness (QED) is 0.625. The summed E-state index contributed by atoms with van der Waals surface area (Å²) in [5, 5.41) is 0. The molecule has 0 amide bonds. The molecule has 0 aliphatic heterocycles. The van der Waals surface area contributed by atoms with Gasteiger partial charge in [-0.2, -0.15) is 0 Å². The molecule has 0 unspecified atom stereocenters. The van der Waals surface area contributed by atoms with Crippen molar-refractivity contribution in [1.29, 1.82) is 0 Å². The van der Waals surface area contributed by atoms with Crippen molar-refractivity contribution in [1.82, 2.24) is 0 Å². The summed E-state index contributed by atoms with van der Waals surface area (Å²) in [6, 6.07) is 0. The first-order valence-electron chi connectivity index (χ1n) is 5.85. The second-order valence-corrected chi connectivity index (χ2v) is 6.15. The number of carbonyl (C=O) groups excluding carboxylic acids is 1. The highest BCUT2D eigenvalue weighted by Crippen LogP contribution is 2.40. The van der Waals surface area contributed by atoms with Crippen molar-refractivity contribution < 1.29 is 4.79 Å². The minimum atomic E-state index is 0.327. The zero-order valence-electron chi connectivity index (χ0n) is 10.3. The zero-order chi connectivity index (χ0) is 10.9. The summed E-state index contributed by atoms with van der Waals surface area (Å²) in [6.07, 6.45) is 3.02. The van der Waals surface area contributed by atoms with Gasteiger partial charge < -0.3 is 0 Å². The molecule has 1 fully saturated rings. The molecule has 0 aromatic carbocycles. The first kappa shape index (κ1) is 11.7. The Morgan fingerprint density at radius 3 is 2.29 bits per heavy atom. The van der Waals surface area contributed by atoms with Crippen LogP contribution in [0.2, 0.25) is 0 Å². The molecule has 1 aliphatic rings. The molecule has 14 heavy (non-hydrogen) atoms. The lowest BCUT2D eigenvalue weighted by molar-refractivity contribution is -0.128. The summed E-state index contributed by atoms with van der Waals surface area (Å²) in [7, 11) is 0. The van der Waals surface area contributed by atoms with Crippen LogP contribution in [-0.4, -0.2) is 5.78 Å². The van der Waals surface area contributed by atoms with Crippen molar-refractivity contribution in [2.45, 2.75) is 53.9 Å². The van der Waals surface area contributed by atoms with Gasteiger partial charge in [0.25, 0.3) is 0 Å². The third kappa shape index (κ3) is 2.59. The average Bonchev–Trinajstić information content (AvgIpc) is 2.02. The minimum absolute atomic E-state index is 0.327. The van der Waals surface area contributed by atoms with E-state index in [1.54, 1.807) is 0 Å². The van der Waals surface area contributed by atoms with Crippen LogP contribution in [0.1, 0.15) is 53.9 Å². The normalized spacial score (nSPS) is 29.7. The Labute approximate surface area is 88.3 Å². The van der Waals surface area contributed by atoms with Gasteiger partial charge in [0.2, 0.25) is 0 Å². The first-order valence-corrected chi connectivity index (χ1v) is 5.85. The van der Waals surface area contributed by atoms with Crippen molar-refractivity contribution in [2.75, 3.05) is 0 Å². The van der Waals surface area contributed by atoms with E-state index in [0.717, 1.165) is 25.2 Å².